The van der Waals surface area contributed by atoms with E-state index < -0.39 is 11.9 Å². The number of nitrogens with one attached hydrogen (secondary N) is 1. The van der Waals surface area contributed by atoms with E-state index in [4.69, 9.17) is 27.7 Å². The molecule has 1 aliphatic heterocycles. The number of amides is 2. The van der Waals surface area contributed by atoms with Gasteiger partial charge < -0.3 is 20.7 Å². The van der Waals surface area contributed by atoms with E-state index in [0.29, 0.717) is 63.8 Å². The molecule has 1 aliphatic carbocycles. The van der Waals surface area contributed by atoms with Gasteiger partial charge in [-0.15, -0.1) is 34.0 Å². The van der Waals surface area contributed by atoms with E-state index in [-0.39, 0.29) is 24.2 Å². The highest BCUT2D eigenvalue weighted by molar-refractivity contribution is 7.80. The number of aryl methyl sites for hydroxylation is 1. The molecule has 0 spiro atoms. The van der Waals surface area contributed by atoms with E-state index in [2.05, 4.69) is 37.9 Å². The predicted octanol–water partition coefficient (Wildman–Crippen LogP) is 4.50. The lowest BCUT2D eigenvalue weighted by Gasteiger charge is -2.31. The maximum absolute atomic E-state index is 13.9. The van der Waals surface area contributed by atoms with Gasteiger partial charge in [-0.1, -0.05) is 12.2 Å². The molecule has 7 rings (SSSR count). The number of carbonyl (C=O) groups excluding carboxylic acids is 2. The van der Waals surface area contributed by atoms with Crippen LogP contribution in [0.5, 0.6) is 0 Å². The van der Waals surface area contributed by atoms with Crippen LogP contribution in [0.3, 0.4) is 0 Å². The maximum Gasteiger partial charge on any atom is 0.270 e. The monoisotopic (exact) mass is 666 g/mol. The number of fused-ring (bicyclic) bond motifs is 2. The predicted molar refractivity (Wildman–Crippen MR) is 176 cm³/mol. The van der Waals surface area contributed by atoms with Crippen molar-refractivity contribution in [3.8, 4) is 10.6 Å². The van der Waals surface area contributed by atoms with Gasteiger partial charge in [0.1, 0.15) is 33.1 Å². The zero-order valence-corrected chi connectivity index (χ0v) is 27.2. The SMILES string of the molecule is Cc1ncc(-c2nc3c(s2)c(C(N)=O)nn3CC(=O)N2CCCOC[C@H]2C(=S)NC2CCC(c3cc4sccc4s3)C2)cn1. The number of ether oxygens (including phenoxy) is 1. The Morgan fingerprint density at radius 3 is 2.84 bits per heavy atom. The van der Waals surface area contributed by atoms with E-state index in [0.717, 1.165) is 19.3 Å². The van der Waals surface area contributed by atoms with Gasteiger partial charge in [0.2, 0.25) is 5.91 Å². The third kappa shape index (κ3) is 5.74. The molecule has 6 heterocycles. The van der Waals surface area contributed by atoms with Crippen molar-refractivity contribution in [2.75, 3.05) is 19.8 Å². The molecule has 15 heteroatoms. The smallest absolute Gasteiger partial charge is 0.270 e. The second-order valence-electron chi connectivity index (χ2n) is 11.1. The molecule has 1 saturated carbocycles. The number of aromatic nitrogens is 5. The molecule has 11 nitrogen and oxygen atoms in total. The number of hydrogen-bond donors (Lipinski definition) is 2. The number of nitrogens with two attached hydrogens (primary N) is 1. The molecule has 2 amide bonds. The zero-order chi connectivity index (χ0) is 30.4. The number of thiophene rings is 2. The molecular formula is C29H30N8O3S4. The van der Waals surface area contributed by atoms with Crippen LogP contribution in [-0.2, 0) is 16.1 Å². The van der Waals surface area contributed by atoms with Crippen molar-refractivity contribution in [2.45, 2.75) is 57.2 Å². The highest BCUT2D eigenvalue weighted by Crippen LogP contribution is 2.41. The van der Waals surface area contributed by atoms with Crippen LogP contribution in [0.4, 0.5) is 0 Å². The summed E-state index contributed by atoms with van der Waals surface area (Å²) in [5.74, 6) is 0.295. The molecule has 0 bridgehead atoms. The van der Waals surface area contributed by atoms with Crippen LogP contribution < -0.4 is 11.1 Å². The van der Waals surface area contributed by atoms with Gasteiger partial charge in [-0.3, -0.25) is 9.59 Å². The van der Waals surface area contributed by atoms with Gasteiger partial charge in [0, 0.05) is 51.4 Å². The molecule has 2 fully saturated rings. The Labute approximate surface area is 270 Å². The minimum absolute atomic E-state index is 0.0823. The van der Waals surface area contributed by atoms with Gasteiger partial charge in [-0.2, -0.15) is 5.10 Å². The van der Waals surface area contributed by atoms with Crippen LogP contribution in [0, 0.1) is 6.92 Å². The van der Waals surface area contributed by atoms with Crippen LogP contribution in [0.15, 0.2) is 29.9 Å². The Balaban J connectivity index is 1.07. The highest BCUT2D eigenvalue weighted by Gasteiger charge is 2.34. The molecule has 2 unspecified atom stereocenters. The van der Waals surface area contributed by atoms with E-state index in [1.165, 1.54) is 30.3 Å². The first-order valence-electron chi connectivity index (χ1n) is 14.4. The van der Waals surface area contributed by atoms with Crippen LogP contribution >= 0.6 is 46.2 Å². The van der Waals surface area contributed by atoms with Gasteiger partial charge in [0.05, 0.1) is 6.61 Å². The lowest BCUT2D eigenvalue weighted by Crippen LogP contribution is -2.53. The first-order chi connectivity index (χ1) is 21.3. The zero-order valence-electron chi connectivity index (χ0n) is 23.9. The average Bonchev–Trinajstić information content (AvgIpc) is 3.80. The fourth-order valence-electron chi connectivity index (χ4n) is 5.92. The summed E-state index contributed by atoms with van der Waals surface area (Å²) in [5, 5.41) is 10.7. The topological polar surface area (TPSA) is 141 Å². The first kappa shape index (κ1) is 29.3. The summed E-state index contributed by atoms with van der Waals surface area (Å²) in [5.41, 5.74) is 6.87. The van der Waals surface area contributed by atoms with E-state index in [1.54, 1.807) is 35.6 Å². The second-order valence-corrected chi connectivity index (χ2v) is 14.6. The first-order valence-corrected chi connectivity index (χ1v) is 17.4. The van der Waals surface area contributed by atoms with Crippen molar-refractivity contribution in [1.29, 1.82) is 0 Å². The van der Waals surface area contributed by atoms with Gasteiger partial charge in [0.15, 0.2) is 11.3 Å². The number of rotatable bonds is 7. The summed E-state index contributed by atoms with van der Waals surface area (Å²) in [7, 11) is 0. The number of primary amides is 1. The van der Waals surface area contributed by atoms with Crippen molar-refractivity contribution in [1.82, 2.24) is 34.9 Å². The average molecular weight is 667 g/mol. The van der Waals surface area contributed by atoms with Gasteiger partial charge >= 0.3 is 0 Å². The standard InChI is InChI=1S/C29H30N8O3S4/c1-15-31-11-17(12-32-15)29-34-27-25(44-29)24(26(30)39)35-37(27)13-23(38)36-6-2-7-40-14-19(36)28(41)33-18-4-3-16(9-18)21-10-22-20(43-21)5-8-42-22/h5,8,10-12,16,18-19H,2-4,6-7,9,13-14H2,1H3,(H2,30,39)(H,33,41)/t16?,18?,19-/m0/s1. The molecule has 0 aromatic carbocycles. The molecule has 228 valence electrons. The quantitative estimate of drug-likeness (QED) is 0.240. The molecule has 0 radical (unpaired) electrons. The van der Waals surface area contributed by atoms with E-state index in [1.807, 2.05) is 11.3 Å². The van der Waals surface area contributed by atoms with Gasteiger partial charge in [0.25, 0.3) is 5.91 Å². The van der Waals surface area contributed by atoms with Crippen molar-refractivity contribution in [3.05, 3.63) is 46.3 Å². The van der Waals surface area contributed by atoms with Crippen molar-refractivity contribution in [3.63, 3.8) is 0 Å². The van der Waals surface area contributed by atoms with Crippen molar-refractivity contribution in [2.24, 2.45) is 5.73 Å². The fraction of sp³-hybridized carbons (Fsp3) is 0.414. The van der Waals surface area contributed by atoms with Gasteiger partial charge in [-0.05, 0) is 56.0 Å². The largest absolute Gasteiger partial charge is 0.379 e. The van der Waals surface area contributed by atoms with Crippen molar-refractivity contribution >= 4 is 82.8 Å². The number of thiocarbonyl (C=S) groups is 1. The third-order valence-electron chi connectivity index (χ3n) is 8.14. The third-order valence-corrected chi connectivity index (χ3v) is 11.9. The minimum Gasteiger partial charge on any atom is -0.379 e. The Hall–Kier alpha value is -3.37. The normalized spacial score (nSPS) is 20.8. The van der Waals surface area contributed by atoms with Crippen LogP contribution in [0.2, 0.25) is 0 Å². The fourth-order valence-corrected chi connectivity index (χ4v) is 9.58. The molecule has 44 heavy (non-hydrogen) atoms. The Morgan fingerprint density at radius 1 is 1.20 bits per heavy atom. The summed E-state index contributed by atoms with van der Waals surface area (Å²) in [4.78, 5) is 43.2. The van der Waals surface area contributed by atoms with E-state index >= 15 is 0 Å². The number of hydrogen-bond acceptors (Lipinski definition) is 11. The van der Waals surface area contributed by atoms with Crippen LogP contribution in [-0.4, -0.2) is 78.3 Å². The molecule has 5 aromatic rings. The second kappa shape index (κ2) is 12.2. The van der Waals surface area contributed by atoms with E-state index in [9.17, 15) is 9.59 Å². The number of carbonyl (C=O) groups is 2. The number of nitrogens with zero attached hydrogens (tertiary/aromatic N) is 6. The molecule has 3 atom stereocenters. The molecular weight excluding hydrogens is 637 g/mol. The summed E-state index contributed by atoms with van der Waals surface area (Å²) in [6.07, 6.45) is 7.20. The summed E-state index contributed by atoms with van der Waals surface area (Å²) >= 11 is 10.9. The van der Waals surface area contributed by atoms with Crippen LogP contribution in [0.25, 0.3) is 30.3 Å². The molecule has 2 aliphatic rings. The van der Waals surface area contributed by atoms with Crippen LogP contribution in [0.1, 0.15) is 52.8 Å². The number of thiazole rings is 1. The Kier molecular flexibility index (Phi) is 8.14. The summed E-state index contributed by atoms with van der Waals surface area (Å²) in [6, 6.07) is 4.38. The lowest BCUT2D eigenvalue weighted by molar-refractivity contribution is -0.133. The highest BCUT2D eigenvalue weighted by atomic mass is 32.1. The maximum atomic E-state index is 13.9. The van der Waals surface area contributed by atoms with Crippen molar-refractivity contribution < 1.29 is 14.3 Å². The van der Waals surface area contributed by atoms with Gasteiger partial charge in [-0.25, -0.2) is 19.6 Å². The summed E-state index contributed by atoms with van der Waals surface area (Å²) in [6.45, 7) is 3.06. The summed E-state index contributed by atoms with van der Waals surface area (Å²) < 4.78 is 10.6. The Morgan fingerprint density at radius 2 is 2.05 bits per heavy atom. The molecule has 3 N–H and O–H groups in total. The molecule has 5 aromatic heterocycles. The Bertz CT molecular complexity index is 1830. The minimum atomic E-state index is -0.680. The molecule has 1 saturated heterocycles. The lowest BCUT2D eigenvalue weighted by atomic mass is 10.1.